The van der Waals surface area contributed by atoms with Gasteiger partial charge in [-0.25, -0.2) is 4.68 Å². The average molecular weight is 412 g/mol. The summed E-state index contributed by atoms with van der Waals surface area (Å²) >= 11 is 0. The molecule has 0 bridgehead atoms. The molecule has 1 fully saturated rings. The summed E-state index contributed by atoms with van der Waals surface area (Å²) in [5.74, 6) is -1.34. The summed E-state index contributed by atoms with van der Waals surface area (Å²) in [6.07, 6.45) is -0.522. The van der Waals surface area contributed by atoms with Gasteiger partial charge in [0.05, 0.1) is 18.8 Å². The van der Waals surface area contributed by atoms with Gasteiger partial charge in [0, 0.05) is 38.8 Å². The van der Waals surface area contributed by atoms with Gasteiger partial charge in [-0.3, -0.25) is 14.6 Å². The zero-order chi connectivity index (χ0) is 20.4. The molecule has 0 amide bonds. The lowest BCUT2D eigenvalue weighted by molar-refractivity contribution is -0.157. The molecule has 29 heavy (non-hydrogen) atoms. The Hall–Kier alpha value is -2.27. The normalized spacial score (nSPS) is 18.7. The number of alkyl halides is 3. The van der Waals surface area contributed by atoms with E-state index < -0.39 is 12.1 Å². The molecule has 3 heterocycles. The first-order valence-electron chi connectivity index (χ1n) is 9.83. The second-order valence-electron chi connectivity index (χ2n) is 7.50. The van der Waals surface area contributed by atoms with E-state index in [2.05, 4.69) is 20.2 Å². The van der Waals surface area contributed by atoms with E-state index >= 15 is 0 Å². The summed E-state index contributed by atoms with van der Waals surface area (Å²) in [5, 5.41) is 11.1. The van der Waals surface area contributed by atoms with Crippen molar-refractivity contribution >= 4 is 0 Å². The van der Waals surface area contributed by atoms with Crippen LogP contribution in [-0.4, -0.2) is 62.5 Å². The fourth-order valence-corrected chi connectivity index (χ4v) is 3.79. The Morgan fingerprint density at radius 3 is 2.45 bits per heavy atom. The molecule has 4 rings (SSSR count). The van der Waals surface area contributed by atoms with Crippen LogP contribution in [0.1, 0.15) is 35.9 Å². The maximum atomic E-state index is 12.5. The van der Waals surface area contributed by atoms with Crippen molar-refractivity contribution in [2.75, 3.05) is 32.7 Å². The number of halogens is 3. The van der Waals surface area contributed by atoms with Crippen LogP contribution in [0.15, 0.2) is 15.3 Å². The molecular weight excluding hydrogens is 389 g/mol. The summed E-state index contributed by atoms with van der Waals surface area (Å²) in [7, 11) is 0. The van der Waals surface area contributed by atoms with Crippen molar-refractivity contribution in [1.29, 1.82) is 0 Å². The zero-order valence-electron chi connectivity index (χ0n) is 16.0. The first-order valence-corrected chi connectivity index (χ1v) is 9.83. The van der Waals surface area contributed by atoms with Crippen LogP contribution < -0.4 is 5.56 Å². The van der Waals surface area contributed by atoms with Crippen molar-refractivity contribution < 1.29 is 17.6 Å². The van der Waals surface area contributed by atoms with E-state index in [1.54, 1.807) is 10.7 Å². The van der Waals surface area contributed by atoms with Crippen LogP contribution in [0.4, 0.5) is 13.2 Å². The molecule has 11 heteroatoms. The van der Waals surface area contributed by atoms with Crippen molar-refractivity contribution in [2.45, 2.75) is 44.9 Å². The minimum absolute atomic E-state index is 0.0319. The molecule has 0 spiro atoms. The van der Waals surface area contributed by atoms with Crippen LogP contribution in [0, 0.1) is 0 Å². The van der Waals surface area contributed by atoms with E-state index in [0.29, 0.717) is 26.2 Å². The van der Waals surface area contributed by atoms with E-state index in [1.165, 1.54) is 0 Å². The lowest BCUT2D eigenvalue weighted by atomic mass is 9.97. The van der Waals surface area contributed by atoms with Crippen molar-refractivity contribution in [3.63, 3.8) is 0 Å². The summed E-state index contributed by atoms with van der Waals surface area (Å²) < 4.78 is 43.8. The first-order chi connectivity index (χ1) is 13.9. The number of hydrogen-bond acceptors (Lipinski definition) is 7. The number of nitrogens with zero attached hydrogens (tertiary/aromatic N) is 6. The molecule has 0 N–H and O–H groups in total. The van der Waals surface area contributed by atoms with Gasteiger partial charge in [0.1, 0.15) is 0 Å². The molecule has 1 saturated heterocycles. The van der Waals surface area contributed by atoms with E-state index in [-0.39, 0.29) is 18.0 Å². The number of aryl methyl sites for hydroxylation is 2. The van der Waals surface area contributed by atoms with Gasteiger partial charge in [0.25, 0.3) is 5.56 Å². The Balaban J connectivity index is 1.26. The third-order valence-corrected chi connectivity index (χ3v) is 5.44. The number of aromatic nitrogens is 4. The van der Waals surface area contributed by atoms with Gasteiger partial charge in [0.2, 0.25) is 5.89 Å². The van der Waals surface area contributed by atoms with E-state index in [9.17, 15) is 18.0 Å². The van der Waals surface area contributed by atoms with Crippen LogP contribution in [-0.2, 0) is 32.1 Å². The molecule has 2 aromatic heterocycles. The topological polar surface area (TPSA) is 80.3 Å². The second-order valence-corrected chi connectivity index (χ2v) is 7.50. The predicted molar refractivity (Wildman–Crippen MR) is 96.2 cm³/mol. The second kappa shape index (κ2) is 8.23. The molecule has 2 aromatic rings. The van der Waals surface area contributed by atoms with Gasteiger partial charge in [-0.15, -0.1) is 10.2 Å². The molecule has 0 aromatic carbocycles. The Morgan fingerprint density at radius 2 is 1.72 bits per heavy atom. The van der Waals surface area contributed by atoms with E-state index in [4.69, 9.17) is 4.42 Å². The molecule has 1 aliphatic carbocycles. The summed E-state index contributed by atoms with van der Waals surface area (Å²) in [6, 6.07) is 1.72. The van der Waals surface area contributed by atoms with Crippen LogP contribution in [0.3, 0.4) is 0 Å². The largest absolute Gasteiger partial charge is 0.470 e. The smallest absolute Gasteiger partial charge is 0.416 e. The first kappa shape index (κ1) is 20.0. The van der Waals surface area contributed by atoms with Gasteiger partial charge >= 0.3 is 12.1 Å². The zero-order valence-corrected chi connectivity index (χ0v) is 16.0. The third-order valence-electron chi connectivity index (χ3n) is 5.44. The van der Waals surface area contributed by atoms with Crippen LogP contribution in [0.5, 0.6) is 0 Å². The summed E-state index contributed by atoms with van der Waals surface area (Å²) in [4.78, 5) is 16.5. The molecule has 0 atom stereocenters. The highest BCUT2D eigenvalue weighted by Gasteiger charge is 2.38. The third kappa shape index (κ3) is 4.84. The highest BCUT2D eigenvalue weighted by Crippen LogP contribution is 2.27. The van der Waals surface area contributed by atoms with E-state index in [0.717, 1.165) is 50.0 Å². The van der Waals surface area contributed by atoms with Crippen LogP contribution in [0.25, 0.3) is 0 Å². The van der Waals surface area contributed by atoms with Gasteiger partial charge in [-0.2, -0.15) is 18.3 Å². The molecule has 1 aliphatic heterocycles. The maximum Gasteiger partial charge on any atom is 0.470 e. The van der Waals surface area contributed by atoms with Crippen LogP contribution >= 0.6 is 0 Å². The fourth-order valence-electron chi connectivity index (χ4n) is 3.79. The lowest BCUT2D eigenvalue weighted by Crippen LogP contribution is -2.47. The molecule has 0 saturated carbocycles. The van der Waals surface area contributed by atoms with Gasteiger partial charge in [-0.1, -0.05) is 0 Å². The average Bonchev–Trinajstić information content (AvgIpc) is 3.16. The maximum absolute atomic E-state index is 12.5. The fraction of sp³-hybridized carbons (Fsp3) is 0.667. The van der Waals surface area contributed by atoms with Crippen molar-refractivity contribution in [1.82, 2.24) is 29.8 Å². The minimum atomic E-state index is -4.62. The molecule has 8 nitrogen and oxygen atoms in total. The highest BCUT2D eigenvalue weighted by atomic mass is 19.4. The minimum Gasteiger partial charge on any atom is -0.416 e. The van der Waals surface area contributed by atoms with Gasteiger partial charge in [0.15, 0.2) is 0 Å². The monoisotopic (exact) mass is 412 g/mol. The van der Waals surface area contributed by atoms with Gasteiger partial charge < -0.3 is 4.42 Å². The van der Waals surface area contributed by atoms with Crippen molar-refractivity contribution in [3.8, 4) is 0 Å². The van der Waals surface area contributed by atoms with Gasteiger partial charge in [-0.05, 0) is 31.2 Å². The SMILES string of the molecule is O=c1cc2c(nn1CCN1CCN(Cc3nnc(C(F)(F)F)o3)CC1)CCCC2. The predicted octanol–water partition coefficient (Wildman–Crippen LogP) is 1.34. The van der Waals surface area contributed by atoms with Crippen LogP contribution in [0.2, 0.25) is 0 Å². The number of fused-ring (bicyclic) bond motifs is 1. The van der Waals surface area contributed by atoms with Crippen molar-refractivity contribution in [2.24, 2.45) is 0 Å². The number of piperazine rings is 1. The molecule has 0 radical (unpaired) electrons. The Kier molecular flexibility index (Phi) is 5.68. The summed E-state index contributed by atoms with van der Waals surface area (Å²) in [6.45, 7) is 4.29. The Bertz CT molecular complexity index is 902. The molecular formula is C18H23F3N6O2. The Labute approximate surface area is 165 Å². The lowest BCUT2D eigenvalue weighted by Gasteiger charge is -2.33. The summed E-state index contributed by atoms with van der Waals surface area (Å²) in [5.41, 5.74) is 2.07. The quantitative estimate of drug-likeness (QED) is 0.733. The molecule has 0 unspecified atom stereocenters. The molecule has 158 valence electrons. The van der Waals surface area contributed by atoms with Crippen molar-refractivity contribution in [3.05, 3.63) is 39.5 Å². The number of hydrogen-bond donors (Lipinski definition) is 0. The van der Waals surface area contributed by atoms with E-state index in [1.807, 2.05) is 4.90 Å². The molecule has 2 aliphatic rings. The Morgan fingerprint density at radius 1 is 1.00 bits per heavy atom. The number of rotatable bonds is 5. The highest BCUT2D eigenvalue weighted by molar-refractivity contribution is 5.20. The standard InChI is InChI=1S/C18H23F3N6O2/c19-18(20,21)17-23-22-15(29-17)12-26-7-5-25(6-8-26)9-10-27-16(28)11-13-3-1-2-4-14(13)24-27/h11H,1-10,12H2.